The summed E-state index contributed by atoms with van der Waals surface area (Å²) in [4.78, 5) is 22.4. The molecule has 6 nitrogen and oxygen atoms in total. The van der Waals surface area contributed by atoms with Gasteiger partial charge in [0.1, 0.15) is 5.69 Å². The number of nitrogens with zero attached hydrogens (tertiary/aromatic N) is 4. The van der Waals surface area contributed by atoms with Crippen LogP contribution in [0.4, 0.5) is 0 Å². The Kier molecular flexibility index (Phi) is 3.29. The molecule has 1 saturated heterocycles. The maximum Gasteiger partial charge on any atom is 0.273 e. The quantitative estimate of drug-likeness (QED) is 0.838. The minimum Gasteiger partial charge on any atom is -0.340 e. The number of piperidine rings is 1. The number of aryl methyl sites for hydroxylation is 1. The third-order valence-electron chi connectivity index (χ3n) is 3.27. The molecule has 7 heteroatoms. The molecular formula is C12H14N4O2S. The Morgan fingerprint density at radius 2 is 2.47 bits per heavy atom. The van der Waals surface area contributed by atoms with Gasteiger partial charge in [0, 0.05) is 31.3 Å². The Labute approximate surface area is 114 Å². The fourth-order valence-electron chi connectivity index (χ4n) is 2.33. The first-order chi connectivity index (χ1) is 9.24. The van der Waals surface area contributed by atoms with Crippen LogP contribution in [-0.4, -0.2) is 39.0 Å². The fraction of sp³-hybridized carbons (Fsp3) is 0.500. The second-order valence-electron chi connectivity index (χ2n) is 4.64. The summed E-state index contributed by atoms with van der Waals surface area (Å²) in [5.41, 5.74) is 2.20. The molecule has 100 valence electrons. The molecule has 3 heterocycles. The standard InChI is InChI=1S/C12H14N4O2S/c1-8-14-11(15-18-8)9-3-2-4-16(5-9)12(17)10-6-19-7-13-10/h6-7,9H,2-5H2,1H3. The van der Waals surface area contributed by atoms with Gasteiger partial charge in [-0.1, -0.05) is 5.16 Å². The summed E-state index contributed by atoms with van der Waals surface area (Å²) in [6, 6.07) is 0. The van der Waals surface area contributed by atoms with Gasteiger partial charge in [0.25, 0.3) is 5.91 Å². The van der Waals surface area contributed by atoms with Gasteiger partial charge in [-0.15, -0.1) is 11.3 Å². The second-order valence-corrected chi connectivity index (χ2v) is 5.35. The highest BCUT2D eigenvalue weighted by Gasteiger charge is 2.28. The summed E-state index contributed by atoms with van der Waals surface area (Å²) in [7, 11) is 0. The van der Waals surface area contributed by atoms with Crippen molar-refractivity contribution in [2.24, 2.45) is 0 Å². The molecule has 1 fully saturated rings. The molecular weight excluding hydrogens is 264 g/mol. The summed E-state index contributed by atoms with van der Waals surface area (Å²) in [5, 5.41) is 5.74. The van der Waals surface area contributed by atoms with Gasteiger partial charge in [0.05, 0.1) is 5.51 Å². The topological polar surface area (TPSA) is 72.1 Å². The first-order valence-corrected chi connectivity index (χ1v) is 7.16. The molecule has 0 bridgehead atoms. The minimum atomic E-state index is -0.00818. The van der Waals surface area contributed by atoms with Crippen molar-refractivity contribution in [3.05, 3.63) is 28.3 Å². The van der Waals surface area contributed by atoms with Gasteiger partial charge in [-0.2, -0.15) is 4.98 Å². The molecule has 2 aromatic rings. The van der Waals surface area contributed by atoms with E-state index in [1.165, 1.54) is 11.3 Å². The van der Waals surface area contributed by atoms with Crippen molar-refractivity contribution in [2.75, 3.05) is 13.1 Å². The number of hydrogen-bond donors (Lipinski definition) is 0. The van der Waals surface area contributed by atoms with E-state index in [4.69, 9.17) is 4.52 Å². The average Bonchev–Trinajstić information content (AvgIpc) is 3.09. The van der Waals surface area contributed by atoms with E-state index in [1.54, 1.807) is 17.8 Å². The van der Waals surface area contributed by atoms with Crippen LogP contribution in [0.1, 0.15) is 41.0 Å². The van der Waals surface area contributed by atoms with E-state index in [0.717, 1.165) is 19.4 Å². The Hall–Kier alpha value is -1.76. The van der Waals surface area contributed by atoms with Crippen molar-refractivity contribution in [3.63, 3.8) is 0 Å². The van der Waals surface area contributed by atoms with Gasteiger partial charge in [0.15, 0.2) is 5.82 Å². The number of carbonyl (C=O) groups excluding carboxylic acids is 1. The SMILES string of the molecule is Cc1nc(C2CCCN(C(=O)c3cscn3)C2)no1. The molecule has 1 aliphatic rings. The van der Waals surface area contributed by atoms with Crippen LogP contribution in [-0.2, 0) is 0 Å². The van der Waals surface area contributed by atoms with Crippen molar-refractivity contribution in [1.29, 1.82) is 0 Å². The van der Waals surface area contributed by atoms with E-state index in [9.17, 15) is 4.79 Å². The predicted molar refractivity (Wildman–Crippen MR) is 69.0 cm³/mol. The van der Waals surface area contributed by atoms with Crippen LogP contribution < -0.4 is 0 Å². The summed E-state index contributed by atoms with van der Waals surface area (Å²) in [6.45, 7) is 3.18. The Balaban J connectivity index is 1.73. The molecule has 1 aliphatic heterocycles. The van der Waals surface area contributed by atoms with Crippen molar-refractivity contribution < 1.29 is 9.32 Å². The van der Waals surface area contributed by atoms with Crippen LogP contribution in [0.5, 0.6) is 0 Å². The Morgan fingerprint density at radius 3 is 3.16 bits per heavy atom. The first-order valence-electron chi connectivity index (χ1n) is 6.21. The minimum absolute atomic E-state index is 0.00818. The third-order valence-corrected chi connectivity index (χ3v) is 3.85. The maximum atomic E-state index is 12.2. The van der Waals surface area contributed by atoms with Crippen molar-refractivity contribution in [1.82, 2.24) is 20.0 Å². The van der Waals surface area contributed by atoms with Crippen LogP contribution in [0.15, 0.2) is 15.4 Å². The molecule has 0 aliphatic carbocycles. The number of carbonyl (C=O) groups is 1. The number of likely N-dealkylation sites (tertiary alicyclic amines) is 1. The number of amides is 1. The lowest BCUT2D eigenvalue weighted by atomic mass is 9.97. The molecule has 0 spiro atoms. The fourth-order valence-corrected chi connectivity index (χ4v) is 2.86. The summed E-state index contributed by atoms with van der Waals surface area (Å²) in [5.74, 6) is 1.42. The lowest BCUT2D eigenvalue weighted by molar-refractivity contribution is 0.0698. The lowest BCUT2D eigenvalue weighted by Gasteiger charge is -2.30. The summed E-state index contributed by atoms with van der Waals surface area (Å²) in [6.07, 6.45) is 1.94. The highest BCUT2D eigenvalue weighted by Crippen LogP contribution is 2.25. The van der Waals surface area contributed by atoms with Gasteiger partial charge in [0.2, 0.25) is 5.89 Å². The van der Waals surface area contributed by atoms with E-state index in [0.29, 0.717) is 24.0 Å². The van der Waals surface area contributed by atoms with Crippen LogP contribution in [0, 0.1) is 6.92 Å². The van der Waals surface area contributed by atoms with Crippen molar-refractivity contribution >= 4 is 17.2 Å². The Bertz CT molecular complexity index is 566. The smallest absolute Gasteiger partial charge is 0.273 e. The van der Waals surface area contributed by atoms with E-state index < -0.39 is 0 Å². The highest BCUT2D eigenvalue weighted by molar-refractivity contribution is 7.07. The molecule has 0 radical (unpaired) electrons. The van der Waals surface area contributed by atoms with E-state index in [1.807, 2.05) is 4.90 Å². The molecule has 3 rings (SSSR count). The first kappa shape index (κ1) is 12.3. The molecule has 1 amide bonds. The predicted octanol–water partition coefficient (Wildman–Crippen LogP) is 1.85. The maximum absolute atomic E-state index is 12.2. The molecule has 0 N–H and O–H groups in total. The monoisotopic (exact) mass is 278 g/mol. The van der Waals surface area contributed by atoms with Crippen LogP contribution in [0.25, 0.3) is 0 Å². The summed E-state index contributed by atoms with van der Waals surface area (Å²) >= 11 is 1.43. The van der Waals surface area contributed by atoms with Gasteiger partial charge >= 0.3 is 0 Å². The normalized spacial score (nSPS) is 19.6. The second kappa shape index (κ2) is 5.08. The number of rotatable bonds is 2. The molecule has 1 unspecified atom stereocenters. The zero-order chi connectivity index (χ0) is 13.2. The van der Waals surface area contributed by atoms with Crippen molar-refractivity contribution in [2.45, 2.75) is 25.7 Å². The lowest BCUT2D eigenvalue weighted by Crippen LogP contribution is -2.39. The molecule has 2 aromatic heterocycles. The largest absolute Gasteiger partial charge is 0.340 e. The molecule has 0 saturated carbocycles. The van der Waals surface area contributed by atoms with E-state index >= 15 is 0 Å². The van der Waals surface area contributed by atoms with Crippen LogP contribution in [0.2, 0.25) is 0 Å². The zero-order valence-electron chi connectivity index (χ0n) is 10.6. The van der Waals surface area contributed by atoms with Gasteiger partial charge in [-0.25, -0.2) is 4.98 Å². The van der Waals surface area contributed by atoms with Gasteiger partial charge < -0.3 is 9.42 Å². The number of hydrogen-bond acceptors (Lipinski definition) is 6. The number of thiazole rings is 1. The van der Waals surface area contributed by atoms with Crippen molar-refractivity contribution in [3.8, 4) is 0 Å². The molecule has 1 atom stereocenters. The molecule has 0 aromatic carbocycles. The van der Waals surface area contributed by atoms with Crippen LogP contribution >= 0.6 is 11.3 Å². The Morgan fingerprint density at radius 1 is 1.58 bits per heavy atom. The zero-order valence-corrected chi connectivity index (χ0v) is 11.4. The third kappa shape index (κ3) is 2.51. The molecule has 19 heavy (non-hydrogen) atoms. The van der Waals surface area contributed by atoms with Gasteiger partial charge in [-0.05, 0) is 12.8 Å². The van der Waals surface area contributed by atoms with E-state index in [2.05, 4.69) is 15.1 Å². The average molecular weight is 278 g/mol. The van der Waals surface area contributed by atoms with Gasteiger partial charge in [-0.3, -0.25) is 4.79 Å². The van der Waals surface area contributed by atoms with E-state index in [-0.39, 0.29) is 11.8 Å². The summed E-state index contributed by atoms with van der Waals surface area (Å²) < 4.78 is 5.01. The number of aromatic nitrogens is 3. The van der Waals surface area contributed by atoms with Crippen LogP contribution in [0.3, 0.4) is 0 Å². The highest BCUT2D eigenvalue weighted by atomic mass is 32.1.